The second-order valence-electron chi connectivity index (χ2n) is 4.61. The summed E-state index contributed by atoms with van der Waals surface area (Å²) in [6, 6.07) is 3.56. The zero-order valence-corrected chi connectivity index (χ0v) is 11.0. The van der Waals surface area contributed by atoms with Crippen LogP contribution in [0.2, 0.25) is 5.02 Å². The molecule has 0 spiro atoms. The van der Waals surface area contributed by atoms with E-state index in [1.807, 2.05) is 13.0 Å². The molecular weight excluding hydrogens is 238 g/mol. The second-order valence-corrected chi connectivity index (χ2v) is 5.02. The van der Waals surface area contributed by atoms with Crippen LogP contribution in [0, 0.1) is 18.8 Å². The maximum atomic E-state index is 11.8. The summed E-state index contributed by atoms with van der Waals surface area (Å²) >= 11 is 6.01. The second kappa shape index (κ2) is 4.57. The number of hydrogen-bond donors (Lipinski definition) is 1. The molecule has 0 bridgehead atoms. The van der Waals surface area contributed by atoms with Crippen molar-refractivity contribution >= 4 is 23.2 Å². The molecule has 0 saturated heterocycles. The minimum atomic E-state index is 0.0672. The van der Waals surface area contributed by atoms with E-state index in [9.17, 15) is 4.79 Å². The zero-order chi connectivity index (χ0) is 12.6. The summed E-state index contributed by atoms with van der Waals surface area (Å²) in [6.45, 7) is 3.98. The summed E-state index contributed by atoms with van der Waals surface area (Å²) in [6.07, 6.45) is 0.973. The highest BCUT2D eigenvalue weighted by Gasteiger charge is 2.39. The number of carbonyl (C=O) groups excluding carboxylic acids is 1. The summed E-state index contributed by atoms with van der Waals surface area (Å²) in [5.74, 6) is 1.31. The first kappa shape index (κ1) is 12.2. The van der Waals surface area contributed by atoms with E-state index in [0.717, 1.165) is 12.0 Å². The van der Waals surface area contributed by atoms with Gasteiger partial charge in [0.2, 0.25) is 5.91 Å². The lowest BCUT2D eigenvalue weighted by Gasteiger charge is -2.12. The molecule has 1 aromatic rings. The monoisotopic (exact) mass is 253 g/mol. The molecule has 17 heavy (non-hydrogen) atoms. The molecule has 1 amide bonds. The van der Waals surface area contributed by atoms with E-state index in [0.29, 0.717) is 22.4 Å². The number of anilines is 1. The molecule has 1 fully saturated rings. The SMILES string of the molecule is COc1cc(Cl)c(C)cc1NC(=O)[C@H]1C[C@@H]1C. The van der Waals surface area contributed by atoms with E-state index in [2.05, 4.69) is 12.2 Å². The van der Waals surface area contributed by atoms with Gasteiger partial charge in [0, 0.05) is 17.0 Å². The normalized spacial score (nSPS) is 22.1. The van der Waals surface area contributed by atoms with Crippen LogP contribution in [0.15, 0.2) is 12.1 Å². The molecule has 1 N–H and O–H groups in total. The van der Waals surface area contributed by atoms with E-state index < -0.39 is 0 Å². The number of ether oxygens (including phenoxy) is 1. The summed E-state index contributed by atoms with van der Waals surface area (Å²) in [7, 11) is 1.57. The number of nitrogens with one attached hydrogen (secondary N) is 1. The van der Waals surface area contributed by atoms with Crippen molar-refractivity contribution in [3.63, 3.8) is 0 Å². The third-order valence-corrected chi connectivity index (χ3v) is 3.59. The van der Waals surface area contributed by atoms with Crippen LogP contribution in [0.5, 0.6) is 5.75 Å². The van der Waals surface area contributed by atoms with Gasteiger partial charge in [-0.05, 0) is 30.9 Å². The lowest BCUT2D eigenvalue weighted by atomic mass is 10.2. The standard InChI is InChI=1S/C13H16ClNO2/c1-7-4-9(7)13(16)15-11-5-8(2)10(14)6-12(11)17-3/h5-7,9H,4H2,1-3H3,(H,15,16)/t7-,9-/m0/s1. The van der Waals surface area contributed by atoms with Gasteiger partial charge in [0.1, 0.15) is 5.75 Å². The van der Waals surface area contributed by atoms with Crippen molar-refractivity contribution in [2.75, 3.05) is 12.4 Å². The fourth-order valence-electron chi connectivity index (χ4n) is 1.84. The van der Waals surface area contributed by atoms with Crippen molar-refractivity contribution in [1.29, 1.82) is 0 Å². The highest BCUT2D eigenvalue weighted by molar-refractivity contribution is 6.31. The van der Waals surface area contributed by atoms with Gasteiger partial charge < -0.3 is 10.1 Å². The number of benzene rings is 1. The molecule has 0 radical (unpaired) electrons. The van der Waals surface area contributed by atoms with Gasteiger partial charge in [-0.25, -0.2) is 0 Å². The van der Waals surface area contributed by atoms with Gasteiger partial charge in [-0.1, -0.05) is 18.5 Å². The van der Waals surface area contributed by atoms with Crippen molar-refractivity contribution in [2.24, 2.45) is 11.8 Å². The van der Waals surface area contributed by atoms with Crippen LogP contribution in [-0.2, 0) is 4.79 Å². The number of methoxy groups -OCH3 is 1. The zero-order valence-electron chi connectivity index (χ0n) is 10.2. The molecule has 4 heteroatoms. The molecule has 1 aliphatic carbocycles. The molecule has 0 unspecified atom stereocenters. The van der Waals surface area contributed by atoms with Crippen molar-refractivity contribution < 1.29 is 9.53 Å². The summed E-state index contributed by atoms with van der Waals surface area (Å²) in [5.41, 5.74) is 1.62. The molecule has 0 aromatic heterocycles. The number of hydrogen-bond acceptors (Lipinski definition) is 2. The van der Waals surface area contributed by atoms with Gasteiger partial charge in [0.15, 0.2) is 0 Å². The molecule has 3 nitrogen and oxygen atoms in total. The molecule has 1 aromatic carbocycles. The Morgan fingerprint density at radius 2 is 2.18 bits per heavy atom. The number of amides is 1. The van der Waals surface area contributed by atoms with E-state index >= 15 is 0 Å². The van der Waals surface area contributed by atoms with Crippen molar-refractivity contribution in [3.05, 3.63) is 22.7 Å². The maximum absolute atomic E-state index is 11.8. The Bertz CT molecular complexity index is 459. The van der Waals surface area contributed by atoms with Gasteiger partial charge in [0.25, 0.3) is 0 Å². The largest absolute Gasteiger partial charge is 0.495 e. The third kappa shape index (κ3) is 2.55. The number of rotatable bonds is 3. The molecule has 0 heterocycles. The Kier molecular flexibility index (Phi) is 3.29. The minimum Gasteiger partial charge on any atom is -0.495 e. The van der Waals surface area contributed by atoms with Gasteiger partial charge >= 0.3 is 0 Å². The predicted octanol–water partition coefficient (Wildman–Crippen LogP) is 3.25. The summed E-state index contributed by atoms with van der Waals surface area (Å²) < 4.78 is 5.21. The van der Waals surface area contributed by atoms with E-state index in [1.165, 1.54) is 0 Å². The number of aryl methyl sites for hydroxylation is 1. The molecule has 2 atom stereocenters. The maximum Gasteiger partial charge on any atom is 0.227 e. The van der Waals surface area contributed by atoms with Crippen LogP contribution < -0.4 is 10.1 Å². The third-order valence-electron chi connectivity index (χ3n) is 3.18. The fraction of sp³-hybridized carbons (Fsp3) is 0.462. The van der Waals surface area contributed by atoms with Crippen LogP contribution in [0.25, 0.3) is 0 Å². The lowest BCUT2D eigenvalue weighted by molar-refractivity contribution is -0.117. The molecular formula is C13H16ClNO2. The Morgan fingerprint density at radius 3 is 2.71 bits per heavy atom. The van der Waals surface area contributed by atoms with E-state index in [4.69, 9.17) is 16.3 Å². The first-order valence-electron chi connectivity index (χ1n) is 5.68. The first-order chi connectivity index (χ1) is 8.02. The van der Waals surface area contributed by atoms with Crippen LogP contribution in [0.3, 0.4) is 0 Å². The van der Waals surface area contributed by atoms with Gasteiger partial charge in [-0.2, -0.15) is 0 Å². The molecule has 92 valence electrons. The number of carbonyl (C=O) groups is 1. The van der Waals surface area contributed by atoms with Crippen molar-refractivity contribution in [1.82, 2.24) is 0 Å². The Balaban J connectivity index is 2.19. The van der Waals surface area contributed by atoms with Gasteiger partial charge in [-0.3, -0.25) is 4.79 Å². The molecule has 1 saturated carbocycles. The smallest absolute Gasteiger partial charge is 0.227 e. The Morgan fingerprint density at radius 1 is 1.53 bits per heavy atom. The highest BCUT2D eigenvalue weighted by Crippen LogP contribution is 2.39. The van der Waals surface area contributed by atoms with Gasteiger partial charge in [0.05, 0.1) is 12.8 Å². The Labute approximate surface area is 106 Å². The predicted molar refractivity (Wildman–Crippen MR) is 68.6 cm³/mol. The van der Waals surface area contributed by atoms with E-state index in [-0.39, 0.29) is 11.8 Å². The van der Waals surface area contributed by atoms with Crippen LogP contribution in [-0.4, -0.2) is 13.0 Å². The topological polar surface area (TPSA) is 38.3 Å². The number of halogens is 1. The Hall–Kier alpha value is -1.22. The molecule has 2 rings (SSSR count). The lowest BCUT2D eigenvalue weighted by Crippen LogP contribution is -2.15. The van der Waals surface area contributed by atoms with Crippen LogP contribution in [0.1, 0.15) is 18.9 Å². The molecule has 1 aliphatic rings. The average Bonchev–Trinajstić information content (AvgIpc) is 3.00. The van der Waals surface area contributed by atoms with Crippen LogP contribution in [0.4, 0.5) is 5.69 Å². The van der Waals surface area contributed by atoms with Crippen LogP contribution >= 0.6 is 11.6 Å². The highest BCUT2D eigenvalue weighted by atomic mass is 35.5. The quantitative estimate of drug-likeness (QED) is 0.898. The average molecular weight is 254 g/mol. The van der Waals surface area contributed by atoms with E-state index in [1.54, 1.807) is 13.2 Å². The minimum absolute atomic E-state index is 0.0672. The fourth-order valence-corrected chi connectivity index (χ4v) is 2.00. The van der Waals surface area contributed by atoms with Gasteiger partial charge in [-0.15, -0.1) is 0 Å². The summed E-state index contributed by atoms with van der Waals surface area (Å²) in [4.78, 5) is 11.8. The van der Waals surface area contributed by atoms with Crippen molar-refractivity contribution in [3.8, 4) is 5.75 Å². The summed E-state index contributed by atoms with van der Waals surface area (Å²) in [5, 5.41) is 3.54. The van der Waals surface area contributed by atoms with Crippen molar-refractivity contribution in [2.45, 2.75) is 20.3 Å². The molecule has 0 aliphatic heterocycles. The first-order valence-corrected chi connectivity index (χ1v) is 6.05.